The highest BCUT2D eigenvalue weighted by molar-refractivity contribution is 6.01. The molecule has 1 aromatic heterocycles. The average molecular weight is 369 g/mol. The summed E-state index contributed by atoms with van der Waals surface area (Å²) < 4.78 is 4.86. The Balaban J connectivity index is 1.60. The van der Waals surface area contributed by atoms with E-state index >= 15 is 0 Å². The quantitative estimate of drug-likeness (QED) is 0.848. The summed E-state index contributed by atoms with van der Waals surface area (Å²) in [5.74, 6) is -0.776. The molecule has 0 bridgehead atoms. The molecule has 0 saturated carbocycles. The maximum atomic E-state index is 12.6. The molecular formula is C20H23N3O4. The Morgan fingerprint density at radius 3 is 2.56 bits per heavy atom. The fourth-order valence-corrected chi connectivity index (χ4v) is 3.00. The number of carbonyl (C=O) groups is 3. The number of nitrogens with zero attached hydrogens (tertiary/aromatic N) is 1. The van der Waals surface area contributed by atoms with Crippen molar-refractivity contribution in [3.05, 3.63) is 54.0 Å². The summed E-state index contributed by atoms with van der Waals surface area (Å²) in [6.07, 6.45) is 5.91. The highest BCUT2D eigenvalue weighted by Gasteiger charge is 2.20. The fraction of sp³-hybridized carbons (Fsp3) is 0.350. The van der Waals surface area contributed by atoms with Crippen LogP contribution in [0.3, 0.4) is 0 Å². The topological polar surface area (TPSA) is 91.6 Å². The molecule has 3 amide bonds. The fourth-order valence-electron chi connectivity index (χ4n) is 3.00. The second-order valence-corrected chi connectivity index (χ2v) is 6.63. The molecule has 2 heterocycles. The molecular weight excluding hydrogens is 346 g/mol. The molecule has 1 fully saturated rings. The third kappa shape index (κ3) is 4.75. The number of furan rings is 1. The molecule has 1 aromatic carbocycles. The second kappa shape index (κ2) is 8.53. The molecule has 1 saturated heterocycles. The van der Waals surface area contributed by atoms with Crippen LogP contribution in [0.4, 0.5) is 5.69 Å². The van der Waals surface area contributed by atoms with Crippen molar-refractivity contribution in [1.29, 1.82) is 0 Å². The minimum atomic E-state index is -0.742. The third-order valence-corrected chi connectivity index (χ3v) is 4.54. The van der Waals surface area contributed by atoms with Crippen LogP contribution in [0.2, 0.25) is 0 Å². The van der Waals surface area contributed by atoms with Crippen molar-refractivity contribution >= 4 is 23.4 Å². The molecule has 2 aromatic rings. The van der Waals surface area contributed by atoms with Crippen LogP contribution in [0.1, 0.15) is 46.9 Å². The van der Waals surface area contributed by atoms with E-state index in [-0.39, 0.29) is 17.7 Å². The Labute approximate surface area is 157 Å². The predicted octanol–water partition coefficient (Wildman–Crippen LogP) is 2.66. The number of benzene rings is 1. The Kier molecular flexibility index (Phi) is 5.90. The first-order valence-corrected chi connectivity index (χ1v) is 9.08. The number of anilines is 1. The van der Waals surface area contributed by atoms with Gasteiger partial charge in [0.2, 0.25) is 5.91 Å². The van der Waals surface area contributed by atoms with Gasteiger partial charge in [0.1, 0.15) is 12.3 Å². The van der Waals surface area contributed by atoms with Gasteiger partial charge in [0.25, 0.3) is 11.8 Å². The first-order chi connectivity index (χ1) is 13.0. The summed E-state index contributed by atoms with van der Waals surface area (Å²) in [6, 6.07) is 7.65. The van der Waals surface area contributed by atoms with Gasteiger partial charge < -0.3 is 20.0 Å². The van der Waals surface area contributed by atoms with Crippen LogP contribution < -0.4 is 10.6 Å². The standard InChI is InChI=1S/C20H23N3O4/c1-14(21-19(25)16-8-11-27-13-16)18(24)22-17-7-5-6-15(12-17)20(26)23-9-3-2-4-10-23/h5-8,11-14H,2-4,9-10H2,1H3,(H,21,25)(H,22,24). The monoisotopic (exact) mass is 369 g/mol. The molecule has 1 aliphatic heterocycles. The summed E-state index contributed by atoms with van der Waals surface area (Å²) >= 11 is 0. The van der Waals surface area contributed by atoms with Crippen molar-refractivity contribution < 1.29 is 18.8 Å². The highest BCUT2D eigenvalue weighted by atomic mass is 16.3. The summed E-state index contributed by atoms with van der Waals surface area (Å²) in [7, 11) is 0. The number of amides is 3. The van der Waals surface area contributed by atoms with Gasteiger partial charge in [0.05, 0.1) is 11.8 Å². The lowest BCUT2D eigenvalue weighted by molar-refractivity contribution is -0.117. The first-order valence-electron chi connectivity index (χ1n) is 9.08. The van der Waals surface area contributed by atoms with E-state index in [0.29, 0.717) is 16.8 Å². The van der Waals surface area contributed by atoms with E-state index in [4.69, 9.17) is 4.42 Å². The normalized spacial score (nSPS) is 15.1. The maximum Gasteiger partial charge on any atom is 0.255 e. The smallest absolute Gasteiger partial charge is 0.255 e. The van der Waals surface area contributed by atoms with E-state index in [1.54, 1.807) is 31.2 Å². The number of piperidine rings is 1. The molecule has 0 radical (unpaired) electrons. The maximum absolute atomic E-state index is 12.6. The number of carbonyl (C=O) groups excluding carboxylic acids is 3. The summed E-state index contributed by atoms with van der Waals surface area (Å²) in [6.45, 7) is 3.13. The number of rotatable bonds is 5. The van der Waals surface area contributed by atoms with E-state index < -0.39 is 6.04 Å². The Morgan fingerprint density at radius 2 is 1.85 bits per heavy atom. The Bertz CT molecular complexity index is 810. The summed E-state index contributed by atoms with van der Waals surface area (Å²) in [5, 5.41) is 5.35. The molecule has 7 heteroatoms. The lowest BCUT2D eigenvalue weighted by Gasteiger charge is -2.26. The van der Waals surface area contributed by atoms with Crippen molar-refractivity contribution in [1.82, 2.24) is 10.2 Å². The van der Waals surface area contributed by atoms with Crippen molar-refractivity contribution in [2.45, 2.75) is 32.2 Å². The van der Waals surface area contributed by atoms with Gasteiger partial charge in [0, 0.05) is 24.3 Å². The molecule has 0 spiro atoms. The van der Waals surface area contributed by atoms with Gasteiger partial charge in [-0.05, 0) is 50.5 Å². The number of nitrogens with one attached hydrogen (secondary N) is 2. The van der Waals surface area contributed by atoms with Gasteiger partial charge in [-0.25, -0.2) is 0 Å². The van der Waals surface area contributed by atoms with Crippen LogP contribution >= 0.6 is 0 Å². The van der Waals surface area contributed by atoms with E-state index in [1.807, 2.05) is 4.90 Å². The second-order valence-electron chi connectivity index (χ2n) is 6.63. The van der Waals surface area contributed by atoms with E-state index in [1.165, 1.54) is 18.6 Å². The summed E-state index contributed by atoms with van der Waals surface area (Å²) in [4.78, 5) is 38.8. The zero-order valence-electron chi connectivity index (χ0n) is 15.2. The van der Waals surface area contributed by atoms with Gasteiger partial charge in [-0.1, -0.05) is 6.07 Å². The van der Waals surface area contributed by atoms with E-state index in [9.17, 15) is 14.4 Å². The van der Waals surface area contributed by atoms with Crippen molar-refractivity contribution in [3.8, 4) is 0 Å². The zero-order valence-corrected chi connectivity index (χ0v) is 15.2. The lowest BCUT2D eigenvalue weighted by Crippen LogP contribution is -2.41. The molecule has 7 nitrogen and oxygen atoms in total. The minimum absolute atomic E-state index is 0.0212. The molecule has 0 aliphatic carbocycles. The number of hydrogen-bond donors (Lipinski definition) is 2. The Hall–Kier alpha value is -3.09. The van der Waals surface area contributed by atoms with Crippen LogP contribution in [-0.4, -0.2) is 41.8 Å². The van der Waals surface area contributed by atoms with E-state index in [2.05, 4.69) is 10.6 Å². The van der Waals surface area contributed by atoms with Gasteiger partial charge in [0.15, 0.2) is 0 Å². The number of hydrogen-bond acceptors (Lipinski definition) is 4. The van der Waals surface area contributed by atoms with Crippen LogP contribution in [0.5, 0.6) is 0 Å². The largest absolute Gasteiger partial charge is 0.472 e. The molecule has 27 heavy (non-hydrogen) atoms. The minimum Gasteiger partial charge on any atom is -0.472 e. The molecule has 1 aliphatic rings. The van der Waals surface area contributed by atoms with Gasteiger partial charge in [-0.15, -0.1) is 0 Å². The average Bonchev–Trinajstić information content (AvgIpc) is 3.23. The van der Waals surface area contributed by atoms with Crippen LogP contribution in [-0.2, 0) is 4.79 Å². The van der Waals surface area contributed by atoms with Gasteiger partial charge in [-0.2, -0.15) is 0 Å². The van der Waals surface area contributed by atoms with Crippen LogP contribution in [0.25, 0.3) is 0 Å². The van der Waals surface area contributed by atoms with Gasteiger partial charge in [-0.3, -0.25) is 14.4 Å². The van der Waals surface area contributed by atoms with Crippen molar-refractivity contribution in [3.63, 3.8) is 0 Å². The third-order valence-electron chi connectivity index (χ3n) is 4.54. The number of likely N-dealkylation sites (tertiary alicyclic amines) is 1. The Morgan fingerprint density at radius 1 is 1.07 bits per heavy atom. The SMILES string of the molecule is CC(NC(=O)c1ccoc1)C(=O)Nc1cccc(C(=O)N2CCCCC2)c1. The first kappa shape index (κ1) is 18.7. The molecule has 2 N–H and O–H groups in total. The lowest BCUT2D eigenvalue weighted by atomic mass is 10.1. The molecule has 1 unspecified atom stereocenters. The van der Waals surface area contributed by atoms with Crippen LogP contribution in [0.15, 0.2) is 47.3 Å². The van der Waals surface area contributed by atoms with Crippen LogP contribution in [0, 0.1) is 0 Å². The van der Waals surface area contributed by atoms with Gasteiger partial charge >= 0.3 is 0 Å². The zero-order chi connectivity index (χ0) is 19.2. The summed E-state index contributed by atoms with van der Waals surface area (Å²) in [5.41, 5.74) is 1.42. The molecule has 142 valence electrons. The van der Waals surface area contributed by atoms with Crippen molar-refractivity contribution in [2.24, 2.45) is 0 Å². The van der Waals surface area contributed by atoms with Crippen molar-refractivity contribution in [2.75, 3.05) is 18.4 Å². The molecule has 3 rings (SSSR count). The van der Waals surface area contributed by atoms with E-state index in [0.717, 1.165) is 32.4 Å². The predicted molar refractivity (Wildman–Crippen MR) is 100 cm³/mol. The highest BCUT2D eigenvalue weighted by Crippen LogP contribution is 2.16. The molecule has 1 atom stereocenters.